The van der Waals surface area contributed by atoms with Crippen LogP contribution >= 0.6 is 15.9 Å². The average molecular weight is 351 g/mol. The van der Waals surface area contributed by atoms with Gasteiger partial charge in [0.1, 0.15) is 18.5 Å². The lowest BCUT2D eigenvalue weighted by Crippen LogP contribution is -2.33. The van der Waals surface area contributed by atoms with Crippen LogP contribution in [0.25, 0.3) is 0 Å². The molecule has 0 aliphatic heterocycles. The van der Waals surface area contributed by atoms with Crippen molar-refractivity contribution < 1.29 is 9.84 Å². The number of nitrogens with one attached hydrogen (secondary N) is 1. The summed E-state index contributed by atoms with van der Waals surface area (Å²) in [7, 11) is 0. The Hall–Kier alpha value is -1.43. The lowest BCUT2D eigenvalue weighted by atomic mass is 10.2. The summed E-state index contributed by atoms with van der Waals surface area (Å²) in [5.41, 5.74) is 0.956. The van der Waals surface area contributed by atoms with Crippen LogP contribution in [0.4, 0.5) is 0 Å². The number of aliphatic hydroxyl groups excluding tert-OH is 1. The van der Waals surface area contributed by atoms with E-state index in [9.17, 15) is 5.11 Å². The summed E-state index contributed by atoms with van der Waals surface area (Å²) in [6, 6.07) is 13.4. The molecule has 0 aliphatic carbocycles. The topological polar surface area (TPSA) is 54.4 Å². The molecule has 21 heavy (non-hydrogen) atoms. The molecule has 0 amide bonds. The zero-order chi connectivity index (χ0) is 15.1. The van der Waals surface area contributed by atoms with Gasteiger partial charge in [-0.15, -0.1) is 0 Å². The molecule has 0 aliphatic rings. The van der Waals surface area contributed by atoms with Crippen LogP contribution < -0.4 is 10.1 Å². The summed E-state index contributed by atoms with van der Waals surface area (Å²) in [5, 5.41) is 13.2. The van der Waals surface area contributed by atoms with Crippen LogP contribution in [0, 0.1) is 0 Å². The third kappa shape index (κ3) is 5.46. The molecule has 1 aromatic heterocycles. The number of halogens is 1. The van der Waals surface area contributed by atoms with Gasteiger partial charge in [-0.25, -0.2) is 0 Å². The smallest absolute Gasteiger partial charge is 0.120 e. The lowest BCUT2D eigenvalue weighted by molar-refractivity contribution is 0.104. The van der Waals surface area contributed by atoms with Gasteiger partial charge < -0.3 is 15.2 Å². The molecule has 0 radical (unpaired) electrons. The molecule has 1 aromatic carbocycles. The van der Waals surface area contributed by atoms with Crippen molar-refractivity contribution in [3.8, 4) is 5.75 Å². The molecule has 2 aromatic rings. The SMILES string of the molecule is C[C@H](NCC(O)COc1cccc(Br)c1)c1ccccn1. The highest BCUT2D eigenvalue weighted by atomic mass is 79.9. The second kappa shape index (κ2) is 8.12. The second-order valence-corrected chi connectivity index (χ2v) is 5.72. The Kier molecular flexibility index (Phi) is 6.17. The second-order valence-electron chi connectivity index (χ2n) is 4.81. The minimum Gasteiger partial charge on any atom is -0.491 e. The summed E-state index contributed by atoms with van der Waals surface area (Å²) in [6.07, 6.45) is 1.19. The van der Waals surface area contributed by atoms with Gasteiger partial charge in [0.05, 0.1) is 5.69 Å². The number of hydrogen-bond donors (Lipinski definition) is 2. The van der Waals surface area contributed by atoms with Gasteiger partial charge in [-0.3, -0.25) is 4.98 Å². The fourth-order valence-corrected chi connectivity index (χ4v) is 2.24. The molecule has 0 saturated carbocycles. The van der Waals surface area contributed by atoms with E-state index in [0.29, 0.717) is 6.54 Å². The highest BCUT2D eigenvalue weighted by Gasteiger charge is 2.10. The van der Waals surface area contributed by atoms with Crippen LogP contribution in [0.15, 0.2) is 53.1 Å². The normalized spacial score (nSPS) is 13.7. The molecule has 4 nitrogen and oxygen atoms in total. The molecule has 1 heterocycles. The summed E-state index contributed by atoms with van der Waals surface area (Å²) in [5.74, 6) is 0.737. The van der Waals surface area contributed by atoms with E-state index in [0.717, 1.165) is 15.9 Å². The van der Waals surface area contributed by atoms with Gasteiger partial charge in [0.2, 0.25) is 0 Å². The minimum atomic E-state index is -0.574. The number of nitrogens with zero attached hydrogens (tertiary/aromatic N) is 1. The van der Waals surface area contributed by atoms with E-state index in [2.05, 4.69) is 26.2 Å². The number of benzene rings is 1. The van der Waals surface area contributed by atoms with Crippen molar-refractivity contribution in [1.82, 2.24) is 10.3 Å². The number of ether oxygens (including phenoxy) is 1. The molecule has 2 rings (SSSR count). The Morgan fingerprint density at radius 2 is 2.14 bits per heavy atom. The number of pyridine rings is 1. The number of rotatable bonds is 7. The van der Waals surface area contributed by atoms with Crippen LogP contribution in [0.1, 0.15) is 18.7 Å². The molecule has 0 saturated heterocycles. The van der Waals surface area contributed by atoms with Crippen molar-refractivity contribution in [2.75, 3.05) is 13.2 Å². The molecule has 0 bridgehead atoms. The van der Waals surface area contributed by atoms with Crippen LogP contribution in [-0.4, -0.2) is 29.3 Å². The van der Waals surface area contributed by atoms with Crippen molar-refractivity contribution >= 4 is 15.9 Å². The first-order valence-electron chi connectivity index (χ1n) is 6.86. The predicted molar refractivity (Wildman–Crippen MR) is 86.3 cm³/mol. The first kappa shape index (κ1) is 15.9. The van der Waals surface area contributed by atoms with Crippen LogP contribution in [0.3, 0.4) is 0 Å². The fourth-order valence-electron chi connectivity index (χ4n) is 1.86. The van der Waals surface area contributed by atoms with E-state index in [1.54, 1.807) is 6.20 Å². The van der Waals surface area contributed by atoms with E-state index in [4.69, 9.17) is 4.74 Å². The first-order chi connectivity index (χ1) is 10.1. The molecule has 1 unspecified atom stereocenters. The molecule has 0 spiro atoms. The monoisotopic (exact) mass is 350 g/mol. The number of hydrogen-bond acceptors (Lipinski definition) is 4. The van der Waals surface area contributed by atoms with Crippen LogP contribution in [-0.2, 0) is 0 Å². The van der Waals surface area contributed by atoms with Crippen molar-refractivity contribution in [3.63, 3.8) is 0 Å². The standard InChI is InChI=1S/C16H19BrN2O2/c1-12(16-7-2-3-8-18-16)19-10-14(20)11-21-15-6-4-5-13(17)9-15/h2-9,12,14,19-20H,10-11H2,1H3/t12-,14?/m0/s1. The Morgan fingerprint density at radius 3 is 2.86 bits per heavy atom. The Balaban J connectivity index is 1.73. The highest BCUT2D eigenvalue weighted by molar-refractivity contribution is 9.10. The molecular weight excluding hydrogens is 332 g/mol. The number of aromatic nitrogens is 1. The maximum atomic E-state index is 9.96. The highest BCUT2D eigenvalue weighted by Crippen LogP contribution is 2.17. The van der Waals surface area contributed by atoms with Crippen LogP contribution in [0.5, 0.6) is 5.75 Å². The van der Waals surface area contributed by atoms with E-state index < -0.39 is 6.10 Å². The van der Waals surface area contributed by atoms with E-state index in [-0.39, 0.29) is 12.6 Å². The fraction of sp³-hybridized carbons (Fsp3) is 0.312. The average Bonchev–Trinajstić information content (AvgIpc) is 2.51. The van der Waals surface area contributed by atoms with Crippen molar-refractivity contribution in [3.05, 3.63) is 58.8 Å². The zero-order valence-corrected chi connectivity index (χ0v) is 13.5. The van der Waals surface area contributed by atoms with E-state index in [1.807, 2.05) is 49.4 Å². The maximum absolute atomic E-state index is 9.96. The Labute approximate surface area is 133 Å². The minimum absolute atomic E-state index is 0.0896. The van der Waals surface area contributed by atoms with Crippen molar-refractivity contribution in [2.24, 2.45) is 0 Å². The van der Waals surface area contributed by atoms with Gasteiger partial charge in [0, 0.05) is 23.3 Å². The van der Waals surface area contributed by atoms with Crippen molar-refractivity contribution in [2.45, 2.75) is 19.1 Å². The van der Waals surface area contributed by atoms with Gasteiger partial charge in [0.15, 0.2) is 0 Å². The Morgan fingerprint density at radius 1 is 1.29 bits per heavy atom. The third-order valence-corrected chi connectivity index (χ3v) is 3.52. The molecule has 2 atom stereocenters. The largest absolute Gasteiger partial charge is 0.491 e. The van der Waals surface area contributed by atoms with Gasteiger partial charge in [-0.1, -0.05) is 28.1 Å². The summed E-state index contributed by atoms with van der Waals surface area (Å²) >= 11 is 3.38. The molecule has 5 heteroatoms. The summed E-state index contributed by atoms with van der Waals surface area (Å²) < 4.78 is 6.51. The first-order valence-corrected chi connectivity index (χ1v) is 7.65. The van der Waals surface area contributed by atoms with Gasteiger partial charge in [0.25, 0.3) is 0 Å². The molecule has 2 N–H and O–H groups in total. The summed E-state index contributed by atoms with van der Waals surface area (Å²) in [6.45, 7) is 2.72. The molecular formula is C16H19BrN2O2. The van der Waals surface area contributed by atoms with Gasteiger partial charge in [-0.05, 0) is 37.3 Å². The Bertz CT molecular complexity index is 551. The number of aliphatic hydroxyl groups is 1. The van der Waals surface area contributed by atoms with Gasteiger partial charge in [-0.2, -0.15) is 0 Å². The third-order valence-electron chi connectivity index (χ3n) is 3.03. The maximum Gasteiger partial charge on any atom is 0.120 e. The predicted octanol–water partition coefficient (Wildman–Crippen LogP) is 2.93. The molecule has 112 valence electrons. The lowest BCUT2D eigenvalue weighted by Gasteiger charge is -2.17. The van der Waals surface area contributed by atoms with E-state index in [1.165, 1.54) is 0 Å². The molecule has 0 fully saturated rings. The van der Waals surface area contributed by atoms with Gasteiger partial charge >= 0.3 is 0 Å². The zero-order valence-electron chi connectivity index (χ0n) is 11.9. The van der Waals surface area contributed by atoms with Crippen LogP contribution in [0.2, 0.25) is 0 Å². The van der Waals surface area contributed by atoms with Crippen molar-refractivity contribution in [1.29, 1.82) is 0 Å². The quantitative estimate of drug-likeness (QED) is 0.805. The van der Waals surface area contributed by atoms with E-state index >= 15 is 0 Å². The summed E-state index contributed by atoms with van der Waals surface area (Å²) in [4.78, 5) is 4.28.